The highest BCUT2D eigenvalue weighted by atomic mass is 16.3. The fourth-order valence-electron chi connectivity index (χ4n) is 3.98. The highest BCUT2D eigenvalue weighted by Crippen LogP contribution is 2.30. The number of hydrogen-bond donors (Lipinski definition) is 1. The lowest BCUT2D eigenvalue weighted by molar-refractivity contribution is 0.0991. The second kappa shape index (κ2) is 8.68. The van der Waals surface area contributed by atoms with E-state index >= 15 is 0 Å². The molecule has 1 N–H and O–H groups in total. The number of furan rings is 1. The molecule has 3 aromatic rings. The van der Waals surface area contributed by atoms with E-state index in [1.54, 1.807) is 25.1 Å². The Hall–Kier alpha value is -3.54. The number of anilines is 3. The zero-order chi connectivity index (χ0) is 22.0. The molecular formula is C25H27N3O3. The van der Waals surface area contributed by atoms with Gasteiger partial charge in [0.05, 0.1) is 11.4 Å². The highest BCUT2D eigenvalue weighted by molar-refractivity contribution is 6.05. The van der Waals surface area contributed by atoms with Crippen LogP contribution in [-0.4, -0.2) is 37.9 Å². The zero-order valence-electron chi connectivity index (χ0n) is 18.1. The number of nitrogens with one attached hydrogen (secondary N) is 1. The van der Waals surface area contributed by atoms with Crippen LogP contribution in [0.1, 0.15) is 39.2 Å². The minimum atomic E-state index is -0.325. The average molecular weight is 418 g/mol. The molecule has 160 valence electrons. The summed E-state index contributed by atoms with van der Waals surface area (Å²) in [5.41, 5.74) is 4.62. The van der Waals surface area contributed by atoms with E-state index in [9.17, 15) is 9.59 Å². The van der Waals surface area contributed by atoms with E-state index in [1.807, 2.05) is 12.1 Å². The van der Waals surface area contributed by atoms with Gasteiger partial charge in [0.25, 0.3) is 5.91 Å². The molecule has 0 radical (unpaired) electrons. The number of para-hydroxylation sites is 1. The maximum absolute atomic E-state index is 12.7. The summed E-state index contributed by atoms with van der Waals surface area (Å²) in [5.74, 6) is 0.560. The minimum absolute atomic E-state index is 0.0414. The van der Waals surface area contributed by atoms with Gasteiger partial charge in [0.1, 0.15) is 5.76 Å². The summed E-state index contributed by atoms with van der Waals surface area (Å²) in [4.78, 5) is 29.3. The third kappa shape index (κ3) is 4.48. The second-order valence-corrected chi connectivity index (χ2v) is 7.91. The topological polar surface area (TPSA) is 65.8 Å². The summed E-state index contributed by atoms with van der Waals surface area (Å²) in [7, 11) is 0. The van der Waals surface area contributed by atoms with Crippen molar-refractivity contribution in [3.05, 3.63) is 77.2 Å². The van der Waals surface area contributed by atoms with E-state index in [2.05, 4.69) is 46.3 Å². The number of rotatable bonds is 5. The number of Topliss-reactive ketones (excluding diaryl/α,β-unsaturated/α-hetero) is 1. The summed E-state index contributed by atoms with van der Waals surface area (Å²) < 4.78 is 5.46. The lowest BCUT2D eigenvalue weighted by Crippen LogP contribution is -2.47. The predicted molar refractivity (Wildman–Crippen MR) is 123 cm³/mol. The molecule has 6 nitrogen and oxygen atoms in total. The van der Waals surface area contributed by atoms with Crippen molar-refractivity contribution >= 4 is 28.8 Å². The van der Waals surface area contributed by atoms with Crippen molar-refractivity contribution in [3.8, 4) is 0 Å². The maximum Gasteiger partial charge on any atom is 0.291 e. The highest BCUT2D eigenvalue weighted by Gasteiger charge is 2.22. The Balaban J connectivity index is 1.56. The molecule has 31 heavy (non-hydrogen) atoms. The molecule has 4 rings (SSSR count). The van der Waals surface area contributed by atoms with Crippen molar-refractivity contribution in [1.82, 2.24) is 0 Å². The first-order chi connectivity index (χ1) is 14.9. The van der Waals surface area contributed by atoms with Crippen LogP contribution in [0.4, 0.5) is 17.1 Å². The first-order valence-corrected chi connectivity index (χ1v) is 10.5. The van der Waals surface area contributed by atoms with Gasteiger partial charge in [-0.2, -0.15) is 0 Å². The quantitative estimate of drug-likeness (QED) is 0.611. The molecule has 1 aliphatic heterocycles. The molecule has 0 saturated carbocycles. The number of ketones is 1. The van der Waals surface area contributed by atoms with E-state index in [0.717, 1.165) is 31.9 Å². The monoisotopic (exact) mass is 417 g/mol. The van der Waals surface area contributed by atoms with Crippen molar-refractivity contribution in [1.29, 1.82) is 0 Å². The second-order valence-electron chi connectivity index (χ2n) is 7.91. The molecule has 0 unspecified atom stereocenters. The molecule has 2 aromatic carbocycles. The van der Waals surface area contributed by atoms with Gasteiger partial charge >= 0.3 is 0 Å². The molecule has 1 aromatic heterocycles. The fraction of sp³-hybridized carbons (Fsp3) is 0.280. The summed E-state index contributed by atoms with van der Waals surface area (Å²) in [6.07, 6.45) is 0. The Morgan fingerprint density at radius 1 is 0.871 bits per heavy atom. The average Bonchev–Trinajstić information content (AvgIpc) is 3.21. The molecule has 1 aliphatic rings. The molecule has 0 spiro atoms. The Morgan fingerprint density at radius 2 is 1.55 bits per heavy atom. The van der Waals surface area contributed by atoms with Crippen LogP contribution in [0, 0.1) is 13.8 Å². The van der Waals surface area contributed by atoms with Crippen LogP contribution in [-0.2, 0) is 0 Å². The van der Waals surface area contributed by atoms with Crippen LogP contribution in [0.15, 0.2) is 59.0 Å². The number of nitrogens with zero attached hydrogens (tertiary/aromatic N) is 2. The van der Waals surface area contributed by atoms with Crippen molar-refractivity contribution in [3.63, 3.8) is 0 Å². The van der Waals surface area contributed by atoms with Crippen molar-refractivity contribution in [2.75, 3.05) is 41.3 Å². The molecule has 0 bridgehead atoms. The van der Waals surface area contributed by atoms with Crippen LogP contribution in [0.2, 0.25) is 0 Å². The molecular weight excluding hydrogens is 390 g/mol. The van der Waals surface area contributed by atoms with Crippen molar-refractivity contribution in [2.45, 2.75) is 20.8 Å². The Kier molecular flexibility index (Phi) is 5.80. The van der Waals surface area contributed by atoms with E-state index in [1.165, 1.54) is 18.2 Å². The van der Waals surface area contributed by atoms with Crippen LogP contribution in [0.25, 0.3) is 0 Å². The summed E-state index contributed by atoms with van der Waals surface area (Å²) in [5, 5.41) is 2.94. The van der Waals surface area contributed by atoms with Crippen LogP contribution in [0.5, 0.6) is 0 Å². The van der Waals surface area contributed by atoms with E-state index in [-0.39, 0.29) is 17.5 Å². The van der Waals surface area contributed by atoms with Crippen LogP contribution < -0.4 is 15.1 Å². The van der Waals surface area contributed by atoms with Crippen molar-refractivity contribution in [2.24, 2.45) is 0 Å². The Morgan fingerprint density at radius 3 is 2.16 bits per heavy atom. The maximum atomic E-state index is 12.7. The normalized spacial score (nSPS) is 13.9. The number of amides is 1. The van der Waals surface area contributed by atoms with Gasteiger partial charge in [0.2, 0.25) is 0 Å². The van der Waals surface area contributed by atoms with Gasteiger partial charge in [0, 0.05) is 37.4 Å². The van der Waals surface area contributed by atoms with Gasteiger partial charge in [-0.3, -0.25) is 9.59 Å². The molecule has 0 aliphatic carbocycles. The number of piperazine rings is 1. The lowest BCUT2D eigenvalue weighted by atomic mass is 10.1. The fourth-order valence-corrected chi connectivity index (χ4v) is 3.98. The van der Waals surface area contributed by atoms with Crippen LogP contribution in [0.3, 0.4) is 0 Å². The molecule has 1 amide bonds. The van der Waals surface area contributed by atoms with E-state index < -0.39 is 0 Å². The number of benzene rings is 2. The zero-order valence-corrected chi connectivity index (χ0v) is 18.1. The Bertz CT molecular complexity index is 1110. The molecule has 0 atom stereocenters. The smallest absolute Gasteiger partial charge is 0.291 e. The van der Waals surface area contributed by atoms with E-state index in [4.69, 9.17) is 4.42 Å². The first kappa shape index (κ1) is 20.7. The van der Waals surface area contributed by atoms with Gasteiger partial charge in [-0.1, -0.05) is 18.2 Å². The largest absolute Gasteiger partial charge is 0.456 e. The predicted octanol–water partition coefficient (Wildman–Crippen LogP) is 4.68. The standard InChI is InChI=1S/C25H27N3O3/c1-17-6-4-5-7-22(17)27-12-14-28(15-13-27)23-10-9-20(19(3)29)16-21(23)26-25(30)24-11-8-18(2)31-24/h4-11,16H,12-15H2,1-3H3,(H,26,30). The van der Waals surface area contributed by atoms with Gasteiger partial charge in [0.15, 0.2) is 11.5 Å². The van der Waals surface area contributed by atoms with E-state index in [0.29, 0.717) is 17.0 Å². The molecule has 2 heterocycles. The van der Waals surface area contributed by atoms with Gasteiger partial charge < -0.3 is 19.5 Å². The van der Waals surface area contributed by atoms with Crippen molar-refractivity contribution < 1.29 is 14.0 Å². The number of carbonyl (C=O) groups is 2. The van der Waals surface area contributed by atoms with Gasteiger partial charge in [-0.15, -0.1) is 0 Å². The first-order valence-electron chi connectivity index (χ1n) is 10.5. The summed E-state index contributed by atoms with van der Waals surface area (Å²) >= 11 is 0. The third-order valence-corrected chi connectivity index (χ3v) is 5.69. The molecule has 1 saturated heterocycles. The number of hydrogen-bond acceptors (Lipinski definition) is 5. The lowest BCUT2D eigenvalue weighted by Gasteiger charge is -2.38. The SMILES string of the molecule is CC(=O)c1ccc(N2CCN(c3ccccc3C)CC2)c(NC(=O)c2ccc(C)o2)c1. The van der Waals surface area contributed by atoms with Crippen LogP contribution >= 0.6 is 0 Å². The summed E-state index contributed by atoms with van der Waals surface area (Å²) in [6.45, 7) is 8.84. The molecule has 1 fully saturated rings. The molecule has 6 heteroatoms. The minimum Gasteiger partial charge on any atom is -0.456 e. The summed E-state index contributed by atoms with van der Waals surface area (Å²) in [6, 6.07) is 17.3. The van der Waals surface area contributed by atoms with Gasteiger partial charge in [-0.05, 0) is 62.7 Å². The number of carbonyl (C=O) groups excluding carboxylic acids is 2. The third-order valence-electron chi connectivity index (χ3n) is 5.69. The Labute approximate surface area is 182 Å². The van der Waals surface area contributed by atoms with Gasteiger partial charge in [-0.25, -0.2) is 0 Å². The number of aryl methyl sites for hydroxylation is 2.